The lowest BCUT2D eigenvalue weighted by Gasteiger charge is -2.04. The van der Waals surface area contributed by atoms with Gasteiger partial charge < -0.3 is 9.84 Å². The Morgan fingerprint density at radius 1 is 1.18 bits per heavy atom. The van der Waals surface area contributed by atoms with E-state index < -0.39 is 0 Å². The van der Waals surface area contributed by atoms with Gasteiger partial charge in [-0.25, -0.2) is 9.97 Å². The Labute approximate surface area is 160 Å². The molecule has 0 unspecified atom stereocenters. The second-order valence-electron chi connectivity index (χ2n) is 5.83. The van der Waals surface area contributed by atoms with E-state index in [-0.39, 0.29) is 11.6 Å². The van der Waals surface area contributed by atoms with Crippen LogP contribution in [0, 0.1) is 0 Å². The molecular weight excluding hydrogens is 356 g/mol. The topological polar surface area (TPSA) is 98.7 Å². The van der Waals surface area contributed by atoms with Crippen LogP contribution in [-0.2, 0) is 0 Å². The van der Waals surface area contributed by atoms with Crippen molar-refractivity contribution in [2.75, 3.05) is 6.54 Å². The number of nitrogens with one attached hydrogen (secondary N) is 1. The molecule has 0 spiro atoms. The lowest BCUT2D eigenvalue weighted by atomic mass is 10.2. The molecule has 0 saturated heterocycles. The van der Waals surface area contributed by atoms with Gasteiger partial charge in [-0.15, -0.1) is 6.58 Å². The molecule has 4 rings (SSSR count). The number of pyridine rings is 1. The van der Waals surface area contributed by atoms with E-state index in [1.807, 2.05) is 36.4 Å². The number of nitrogens with zero attached hydrogens (tertiary/aromatic N) is 5. The van der Waals surface area contributed by atoms with Crippen molar-refractivity contribution in [1.29, 1.82) is 0 Å². The second kappa shape index (κ2) is 7.67. The average Bonchev–Trinajstić information content (AvgIpc) is 3.43. The fourth-order valence-electron chi connectivity index (χ4n) is 2.62. The van der Waals surface area contributed by atoms with Crippen LogP contribution in [0.3, 0.4) is 0 Å². The van der Waals surface area contributed by atoms with Gasteiger partial charge in [-0.1, -0.05) is 41.6 Å². The van der Waals surface area contributed by atoms with Crippen molar-refractivity contribution in [3.8, 4) is 28.7 Å². The fraction of sp³-hybridized carbons (Fsp3) is 0.0500. The maximum Gasteiger partial charge on any atom is 0.271 e. The summed E-state index contributed by atoms with van der Waals surface area (Å²) >= 11 is 0. The van der Waals surface area contributed by atoms with Crippen LogP contribution in [0.15, 0.2) is 78.4 Å². The molecule has 8 heteroatoms. The molecule has 1 aromatic carbocycles. The molecule has 4 aromatic rings. The molecule has 28 heavy (non-hydrogen) atoms. The van der Waals surface area contributed by atoms with Gasteiger partial charge in [0.2, 0.25) is 5.82 Å². The zero-order valence-corrected chi connectivity index (χ0v) is 14.8. The number of imidazole rings is 1. The molecule has 138 valence electrons. The van der Waals surface area contributed by atoms with E-state index in [0.717, 1.165) is 5.56 Å². The average molecular weight is 372 g/mol. The largest absolute Gasteiger partial charge is 0.347 e. The minimum atomic E-state index is -0.291. The van der Waals surface area contributed by atoms with E-state index in [9.17, 15) is 4.79 Å². The van der Waals surface area contributed by atoms with Crippen molar-refractivity contribution in [2.45, 2.75) is 0 Å². The van der Waals surface area contributed by atoms with E-state index >= 15 is 0 Å². The van der Waals surface area contributed by atoms with Crippen molar-refractivity contribution in [3.05, 3.63) is 79.5 Å². The second-order valence-corrected chi connectivity index (χ2v) is 5.83. The fourth-order valence-corrected chi connectivity index (χ4v) is 2.62. The van der Waals surface area contributed by atoms with Crippen LogP contribution in [0.2, 0.25) is 0 Å². The van der Waals surface area contributed by atoms with E-state index in [1.54, 1.807) is 29.1 Å². The van der Waals surface area contributed by atoms with Gasteiger partial charge in [0.1, 0.15) is 12.0 Å². The highest BCUT2D eigenvalue weighted by atomic mass is 16.5. The van der Waals surface area contributed by atoms with Gasteiger partial charge in [-0.05, 0) is 12.1 Å². The number of carbonyl (C=O) groups excluding carboxylic acids is 1. The molecular formula is C20H16N6O2. The van der Waals surface area contributed by atoms with Gasteiger partial charge >= 0.3 is 0 Å². The minimum absolute atomic E-state index is 0.272. The first-order valence-corrected chi connectivity index (χ1v) is 8.54. The van der Waals surface area contributed by atoms with Crippen molar-refractivity contribution in [3.63, 3.8) is 0 Å². The highest BCUT2D eigenvalue weighted by Crippen LogP contribution is 2.26. The highest BCUT2D eigenvalue weighted by Gasteiger charge is 2.17. The normalized spacial score (nSPS) is 10.6. The standard InChI is InChI=1S/C20H16N6O2/c1-2-10-22-19(27)16-12-26(13-23-16)18-15(9-6-11-21-18)20-24-17(25-28-20)14-7-4-3-5-8-14/h2-9,11-13H,1,10H2,(H,22,27). The lowest BCUT2D eigenvalue weighted by molar-refractivity contribution is 0.0953. The molecule has 0 atom stereocenters. The molecule has 8 nitrogen and oxygen atoms in total. The van der Waals surface area contributed by atoms with Crippen LogP contribution >= 0.6 is 0 Å². The molecule has 0 aliphatic carbocycles. The Bertz CT molecular complexity index is 1120. The van der Waals surface area contributed by atoms with E-state index in [0.29, 0.717) is 29.6 Å². The summed E-state index contributed by atoms with van der Waals surface area (Å²) in [6.45, 7) is 3.94. The summed E-state index contributed by atoms with van der Waals surface area (Å²) in [6.07, 6.45) is 6.36. The SMILES string of the molecule is C=CCNC(=O)c1cn(-c2ncccc2-c2nc(-c3ccccc3)no2)cn1. The maximum atomic E-state index is 12.1. The Morgan fingerprint density at radius 2 is 2.04 bits per heavy atom. The van der Waals surface area contributed by atoms with Crippen molar-refractivity contribution in [1.82, 2.24) is 30.0 Å². The third-order valence-corrected chi connectivity index (χ3v) is 3.94. The number of rotatable bonds is 6. The number of benzene rings is 1. The number of carbonyl (C=O) groups is 1. The van der Waals surface area contributed by atoms with Gasteiger partial charge in [0.05, 0.1) is 5.56 Å². The zero-order chi connectivity index (χ0) is 19.3. The summed E-state index contributed by atoms with van der Waals surface area (Å²) in [5.41, 5.74) is 1.76. The lowest BCUT2D eigenvalue weighted by Crippen LogP contribution is -2.23. The zero-order valence-electron chi connectivity index (χ0n) is 14.8. The van der Waals surface area contributed by atoms with Gasteiger partial charge in [0.15, 0.2) is 5.82 Å². The minimum Gasteiger partial charge on any atom is -0.347 e. The van der Waals surface area contributed by atoms with Gasteiger partial charge in [-0.2, -0.15) is 4.98 Å². The summed E-state index contributed by atoms with van der Waals surface area (Å²) in [5.74, 6) is 1.05. The Hall–Kier alpha value is -4.07. The molecule has 3 heterocycles. The number of amides is 1. The van der Waals surface area contributed by atoms with Crippen LogP contribution in [0.1, 0.15) is 10.5 Å². The highest BCUT2D eigenvalue weighted by molar-refractivity contribution is 5.92. The van der Waals surface area contributed by atoms with Crippen LogP contribution in [0.25, 0.3) is 28.7 Å². The predicted octanol–water partition coefficient (Wildman–Crippen LogP) is 2.90. The monoisotopic (exact) mass is 372 g/mol. The number of aromatic nitrogens is 5. The molecule has 0 saturated carbocycles. The molecule has 0 radical (unpaired) electrons. The molecule has 0 aliphatic rings. The first-order chi connectivity index (χ1) is 13.8. The third-order valence-electron chi connectivity index (χ3n) is 3.94. The summed E-state index contributed by atoms with van der Waals surface area (Å²) < 4.78 is 7.09. The first-order valence-electron chi connectivity index (χ1n) is 8.54. The van der Waals surface area contributed by atoms with E-state index in [1.165, 1.54) is 6.33 Å². The molecule has 0 bridgehead atoms. The van der Waals surface area contributed by atoms with Crippen molar-refractivity contribution in [2.24, 2.45) is 0 Å². The molecule has 0 aliphatic heterocycles. The van der Waals surface area contributed by atoms with Gasteiger partial charge in [-0.3, -0.25) is 9.36 Å². The van der Waals surface area contributed by atoms with Crippen LogP contribution in [0.4, 0.5) is 0 Å². The summed E-state index contributed by atoms with van der Waals surface area (Å²) in [5, 5.41) is 6.74. The van der Waals surface area contributed by atoms with E-state index in [4.69, 9.17) is 4.52 Å². The molecule has 1 N–H and O–H groups in total. The van der Waals surface area contributed by atoms with Gasteiger partial charge in [0, 0.05) is 24.5 Å². The third kappa shape index (κ3) is 3.43. The molecule has 1 amide bonds. The smallest absolute Gasteiger partial charge is 0.271 e. The molecule has 0 fully saturated rings. The summed E-state index contributed by atoms with van der Waals surface area (Å²) in [7, 11) is 0. The van der Waals surface area contributed by atoms with Crippen molar-refractivity contribution < 1.29 is 9.32 Å². The molecule has 3 aromatic heterocycles. The van der Waals surface area contributed by atoms with Crippen molar-refractivity contribution >= 4 is 5.91 Å². The van der Waals surface area contributed by atoms with Crippen LogP contribution in [-0.4, -0.2) is 37.1 Å². The Kier molecular flexibility index (Phi) is 4.75. The number of hydrogen-bond acceptors (Lipinski definition) is 6. The van der Waals surface area contributed by atoms with Gasteiger partial charge in [0.25, 0.3) is 11.8 Å². The predicted molar refractivity (Wildman–Crippen MR) is 103 cm³/mol. The maximum absolute atomic E-state index is 12.1. The Balaban J connectivity index is 1.67. The van der Waals surface area contributed by atoms with Crippen LogP contribution < -0.4 is 5.32 Å². The number of hydrogen-bond donors (Lipinski definition) is 1. The van der Waals surface area contributed by atoms with Crippen LogP contribution in [0.5, 0.6) is 0 Å². The summed E-state index contributed by atoms with van der Waals surface area (Å²) in [6, 6.07) is 13.1. The first kappa shape index (κ1) is 17.3. The quantitative estimate of drug-likeness (QED) is 0.523. The van der Waals surface area contributed by atoms with E-state index in [2.05, 4.69) is 32.0 Å². The summed E-state index contributed by atoms with van der Waals surface area (Å²) in [4.78, 5) is 25.1. The Morgan fingerprint density at radius 3 is 2.86 bits per heavy atom.